The first-order valence-corrected chi connectivity index (χ1v) is 8.93. The van der Waals surface area contributed by atoms with Gasteiger partial charge in [0.1, 0.15) is 5.75 Å². The molecule has 0 atom stereocenters. The number of carbonyl (C=O) groups is 1. The van der Waals surface area contributed by atoms with Crippen molar-refractivity contribution in [3.8, 4) is 17.2 Å². The minimum Gasteiger partial charge on any atom is -0.495 e. The molecule has 0 aromatic heterocycles. The maximum absolute atomic E-state index is 12.1. The number of ether oxygens (including phenoxy) is 3. The van der Waals surface area contributed by atoms with E-state index in [1.165, 1.54) is 0 Å². The van der Waals surface area contributed by atoms with Crippen LogP contribution < -0.4 is 24.8 Å². The molecule has 0 unspecified atom stereocenters. The Morgan fingerprint density at radius 2 is 1.59 bits per heavy atom. The van der Waals surface area contributed by atoms with Crippen LogP contribution in [0, 0.1) is 6.92 Å². The molecular formula is C21H28N2O4. The van der Waals surface area contributed by atoms with Crippen molar-refractivity contribution in [2.45, 2.75) is 19.8 Å². The summed E-state index contributed by atoms with van der Waals surface area (Å²) >= 11 is 0. The van der Waals surface area contributed by atoms with Crippen molar-refractivity contribution in [2.24, 2.45) is 0 Å². The second-order valence-corrected chi connectivity index (χ2v) is 6.19. The highest BCUT2D eigenvalue weighted by molar-refractivity contribution is 5.92. The molecule has 146 valence electrons. The van der Waals surface area contributed by atoms with E-state index < -0.39 is 0 Å². The van der Waals surface area contributed by atoms with Crippen molar-refractivity contribution in [1.29, 1.82) is 0 Å². The first-order chi connectivity index (χ1) is 13.1. The fourth-order valence-electron chi connectivity index (χ4n) is 2.73. The van der Waals surface area contributed by atoms with Gasteiger partial charge in [0.2, 0.25) is 5.91 Å². The molecule has 6 heteroatoms. The normalized spacial score (nSPS) is 10.4. The van der Waals surface area contributed by atoms with Crippen LogP contribution in [-0.4, -0.2) is 40.3 Å². The summed E-state index contributed by atoms with van der Waals surface area (Å²) in [5.74, 6) is 2.06. The average molecular weight is 372 g/mol. The van der Waals surface area contributed by atoms with Crippen LogP contribution in [0.15, 0.2) is 36.4 Å². The molecular weight excluding hydrogens is 344 g/mol. The van der Waals surface area contributed by atoms with Crippen LogP contribution in [0.4, 0.5) is 5.69 Å². The van der Waals surface area contributed by atoms with E-state index in [2.05, 4.69) is 10.6 Å². The molecule has 2 rings (SSSR count). The summed E-state index contributed by atoms with van der Waals surface area (Å²) in [6.07, 6.45) is 1.23. The largest absolute Gasteiger partial charge is 0.495 e. The molecule has 0 aliphatic carbocycles. The Hall–Kier alpha value is -2.73. The lowest BCUT2D eigenvalue weighted by Crippen LogP contribution is -2.23. The summed E-state index contributed by atoms with van der Waals surface area (Å²) in [5, 5.41) is 6.20. The van der Waals surface area contributed by atoms with Gasteiger partial charge in [-0.25, -0.2) is 0 Å². The fraction of sp³-hybridized carbons (Fsp3) is 0.381. The van der Waals surface area contributed by atoms with E-state index in [0.717, 1.165) is 35.6 Å². The van der Waals surface area contributed by atoms with Crippen molar-refractivity contribution < 1.29 is 19.0 Å². The number of aryl methyl sites for hydroxylation is 1. The zero-order chi connectivity index (χ0) is 19.6. The highest BCUT2D eigenvalue weighted by atomic mass is 16.5. The second-order valence-electron chi connectivity index (χ2n) is 6.19. The first kappa shape index (κ1) is 20.6. The van der Waals surface area contributed by atoms with Crippen molar-refractivity contribution in [3.05, 3.63) is 47.5 Å². The Morgan fingerprint density at radius 3 is 2.30 bits per heavy atom. The van der Waals surface area contributed by atoms with Crippen molar-refractivity contribution in [1.82, 2.24) is 5.32 Å². The zero-order valence-electron chi connectivity index (χ0n) is 16.4. The van der Waals surface area contributed by atoms with E-state index >= 15 is 0 Å². The van der Waals surface area contributed by atoms with Crippen molar-refractivity contribution in [3.63, 3.8) is 0 Å². The molecule has 0 fully saturated rings. The Balaban J connectivity index is 1.74. The number of methoxy groups -OCH3 is 3. The molecule has 6 nitrogen and oxygen atoms in total. The molecule has 0 bridgehead atoms. The minimum absolute atomic E-state index is 0.0440. The number of rotatable bonds is 10. The Morgan fingerprint density at radius 1 is 0.889 bits per heavy atom. The van der Waals surface area contributed by atoms with Crippen LogP contribution in [-0.2, 0) is 11.2 Å². The maximum atomic E-state index is 12.1. The predicted octanol–water partition coefficient (Wildman–Crippen LogP) is 3.18. The molecule has 2 N–H and O–H groups in total. The third kappa shape index (κ3) is 6.18. The van der Waals surface area contributed by atoms with E-state index in [-0.39, 0.29) is 5.91 Å². The monoisotopic (exact) mass is 372 g/mol. The second kappa shape index (κ2) is 10.4. The number of hydrogen-bond donors (Lipinski definition) is 2. The Labute approximate surface area is 160 Å². The smallest absolute Gasteiger partial charge is 0.225 e. The van der Waals surface area contributed by atoms with E-state index in [9.17, 15) is 4.79 Å². The van der Waals surface area contributed by atoms with Gasteiger partial charge in [0, 0.05) is 13.0 Å². The third-order valence-corrected chi connectivity index (χ3v) is 4.20. The quantitative estimate of drug-likeness (QED) is 0.627. The highest BCUT2D eigenvalue weighted by Crippen LogP contribution is 2.27. The van der Waals surface area contributed by atoms with Gasteiger partial charge in [0.25, 0.3) is 0 Å². The van der Waals surface area contributed by atoms with Gasteiger partial charge in [0.15, 0.2) is 11.5 Å². The molecule has 0 spiro atoms. The number of benzene rings is 2. The minimum atomic E-state index is -0.0440. The van der Waals surface area contributed by atoms with Crippen LogP contribution in [0.1, 0.15) is 17.5 Å². The van der Waals surface area contributed by atoms with Crippen LogP contribution in [0.25, 0.3) is 0 Å². The topological polar surface area (TPSA) is 68.8 Å². The zero-order valence-corrected chi connectivity index (χ0v) is 16.4. The number of nitrogens with one attached hydrogen (secondary N) is 2. The van der Waals surface area contributed by atoms with Gasteiger partial charge in [-0.2, -0.15) is 0 Å². The van der Waals surface area contributed by atoms with E-state index in [4.69, 9.17) is 14.2 Å². The summed E-state index contributed by atoms with van der Waals surface area (Å²) in [5.41, 5.74) is 2.92. The van der Waals surface area contributed by atoms with Crippen LogP contribution in [0.5, 0.6) is 17.2 Å². The van der Waals surface area contributed by atoms with Gasteiger partial charge >= 0.3 is 0 Å². The summed E-state index contributed by atoms with van der Waals surface area (Å²) < 4.78 is 15.8. The summed E-state index contributed by atoms with van der Waals surface area (Å²) in [4.78, 5) is 12.1. The van der Waals surface area contributed by atoms with E-state index in [1.54, 1.807) is 21.3 Å². The lowest BCUT2D eigenvalue weighted by atomic mass is 10.1. The number of carbonyl (C=O) groups excluding carboxylic acids is 1. The molecule has 2 aromatic rings. The number of anilines is 1. The van der Waals surface area contributed by atoms with Crippen molar-refractivity contribution in [2.75, 3.05) is 39.7 Å². The Bertz CT molecular complexity index is 762. The fourth-order valence-corrected chi connectivity index (χ4v) is 2.73. The van der Waals surface area contributed by atoms with Crippen LogP contribution in [0.3, 0.4) is 0 Å². The van der Waals surface area contributed by atoms with Crippen LogP contribution in [0.2, 0.25) is 0 Å². The standard InChI is InChI=1S/C21H28N2O4/c1-15-5-7-18(25-2)17(13-15)23-21(24)10-12-22-11-9-16-6-8-19(26-3)20(14-16)27-4/h5-8,13-14,22H,9-12H2,1-4H3,(H,23,24). The lowest BCUT2D eigenvalue weighted by molar-refractivity contribution is -0.116. The van der Waals surface area contributed by atoms with Crippen molar-refractivity contribution >= 4 is 11.6 Å². The van der Waals surface area contributed by atoms with Gasteiger partial charge in [-0.05, 0) is 55.3 Å². The summed E-state index contributed by atoms with van der Waals surface area (Å²) in [6.45, 7) is 3.36. The van der Waals surface area contributed by atoms with E-state index in [0.29, 0.717) is 24.4 Å². The predicted molar refractivity (Wildman–Crippen MR) is 107 cm³/mol. The molecule has 2 aromatic carbocycles. The molecule has 0 saturated carbocycles. The molecule has 0 radical (unpaired) electrons. The molecule has 1 amide bonds. The number of hydrogen-bond acceptors (Lipinski definition) is 5. The SMILES string of the molecule is COc1ccc(C)cc1NC(=O)CCNCCc1ccc(OC)c(OC)c1. The van der Waals surface area contributed by atoms with Gasteiger partial charge in [-0.3, -0.25) is 4.79 Å². The van der Waals surface area contributed by atoms with Crippen LogP contribution >= 0.6 is 0 Å². The first-order valence-electron chi connectivity index (χ1n) is 8.93. The molecule has 0 aliphatic rings. The number of amides is 1. The maximum Gasteiger partial charge on any atom is 0.225 e. The molecule has 27 heavy (non-hydrogen) atoms. The lowest BCUT2D eigenvalue weighted by Gasteiger charge is -2.12. The van der Waals surface area contributed by atoms with E-state index in [1.807, 2.05) is 43.3 Å². The third-order valence-electron chi connectivity index (χ3n) is 4.20. The average Bonchev–Trinajstić information content (AvgIpc) is 2.67. The summed E-state index contributed by atoms with van der Waals surface area (Å²) in [6, 6.07) is 11.6. The molecule has 0 aliphatic heterocycles. The Kier molecular flexibility index (Phi) is 7.95. The van der Waals surface area contributed by atoms with Gasteiger partial charge in [-0.1, -0.05) is 12.1 Å². The summed E-state index contributed by atoms with van der Waals surface area (Å²) in [7, 11) is 4.84. The molecule has 0 heterocycles. The van der Waals surface area contributed by atoms with Gasteiger partial charge < -0.3 is 24.8 Å². The van der Waals surface area contributed by atoms with Gasteiger partial charge in [0.05, 0.1) is 27.0 Å². The highest BCUT2D eigenvalue weighted by Gasteiger charge is 2.08. The van der Waals surface area contributed by atoms with Gasteiger partial charge in [-0.15, -0.1) is 0 Å². The molecule has 0 saturated heterocycles.